The van der Waals surface area contributed by atoms with Gasteiger partial charge in [0.2, 0.25) is 0 Å². The van der Waals surface area contributed by atoms with Crippen molar-refractivity contribution in [1.82, 2.24) is 35.2 Å². The number of H-pyrrole nitrogens is 1. The van der Waals surface area contributed by atoms with Crippen molar-refractivity contribution < 1.29 is 4.52 Å². The molecule has 11 nitrogen and oxygen atoms in total. The normalized spacial score (nSPS) is 16.7. The zero-order valence-electron chi connectivity index (χ0n) is 21.2. The molecule has 0 bridgehead atoms. The lowest BCUT2D eigenvalue weighted by atomic mass is 10.0. The maximum absolute atomic E-state index is 5.54. The zero-order valence-corrected chi connectivity index (χ0v) is 22.8. The molecule has 12 heteroatoms. The molecule has 37 heavy (non-hydrogen) atoms. The van der Waals surface area contributed by atoms with E-state index in [9.17, 15) is 0 Å². The van der Waals surface area contributed by atoms with Gasteiger partial charge in [-0.3, -0.25) is 5.10 Å². The molecule has 2 saturated heterocycles. The molecule has 0 amide bonds. The van der Waals surface area contributed by atoms with Crippen molar-refractivity contribution >= 4 is 44.2 Å². The van der Waals surface area contributed by atoms with Crippen LogP contribution in [0.3, 0.4) is 0 Å². The third-order valence-corrected chi connectivity index (χ3v) is 7.88. The second-order valence-electron chi connectivity index (χ2n) is 9.70. The Morgan fingerprint density at radius 1 is 1.03 bits per heavy atom. The fourth-order valence-corrected chi connectivity index (χ4v) is 5.77. The number of aromatic amines is 1. The van der Waals surface area contributed by atoms with Gasteiger partial charge in [-0.2, -0.15) is 10.1 Å². The smallest absolute Gasteiger partial charge is 0.258 e. The Labute approximate surface area is 223 Å². The lowest BCUT2D eigenvalue weighted by Gasteiger charge is -2.38. The monoisotopic (exact) mass is 566 g/mol. The Kier molecular flexibility index (Phi) is 6.68. The zero-order chi connectivity index (χ0) is 25.4. The van der Waals surface area contributed by atoms with E-state index in [0.717, 1.165) is 72.0 Å². The second-order valence-corrected chi connectivity index (χ2v) is 10.5. The molecule has 0 unspecified atom stereocenters. The van der Waals surface area contributed by atoms with E-state index < -0.39 is 0 Å². The summed E-state index contributed by atoms with van der Waals surface area (Å²) in [7, 11) is 0. The first-order valence-corrected chi connectivity index (χ1v) is 13.6. The topological polar surface area (TPSA) is 115 Å². The average Bonchev–Trinajstić information content (AvgIpc) is 3.67. The Hall–Kier alpha value is -3.25. The van der Waals surface area contributed by atoms with E-state index in [2.05, 4.69) is 85.3 Å². The molecule has 0 aliphatic carbocycles. The summed E-state index contributed by atoms with van der Waals surface area (Å²) < 4.78 is 6.28. The van der Waals surface area contributed by atoms with Crippen LogP contribution in [-0.4, -0.2) is 87.6 Å². The van der Waals surface area contributed by atoms with Crippen LogP contribution in [0.25, 0.3) is 22.5 Å². The Morgan fingerprint density at radius 3 is 2.57 bits per heavy atom. The first-order valence-electron chi connectivity index (χ1n) is 12.8. The maximum atomic E-state index is 5.54. The van der Waals surface area contributed by atoms with Crippen molar-refractivity contribution in [3.63, 3.8) is 0 Å². The van der Waals surface area contributed by atoms with Crippen LogP contribution in [0.2, 0.25) is 0 Å². The molecule has 2 N–H and O–H groups in total. The minimum atomic E-state index is 0.549. The molecule has 1 aromatic carbocycles. The maximum Gasteiger partial charge on any atom is 0.258 e. The van der Waals surface area contributed by atoms with Crippen LogP contribution < -0.4 is 15.1 Å². The first kappa shape index (κ1) is 24.1. The number of aryl methyl sites for hydroxylation is 1. The standard InChI is InChI=1S/C25H31BrN10O/c1-16-19(27-5-8-34-6-3-4-7-34)13-18(25-30-17(2)33-37-25)14-20(16)35-9-11-36(12-10-35)24-21-22(26)31-32-23(21)28-15-29-24/h13-15,27H,3-12H2,1-2H3,(H,28,29,31,32). The van der Waals surface area contributed by atoms with Gasteiger partial charge in [-0.15, -0.1) is 0 Å². The summed E-state index contributed by atoms with van der Waals surface area (Å²) >= 11 is 3.53. The molecule has 3 aromatic heterocycles. The van der Waals surface area contributed by atoms with Crippen LogP contribution in [0.1, 0.15) is 24.2 Å². The van der Waals surface area contributed by atoms with Crippen molar-refractivity contribution in [3.8, 4) is 11.5 Å². The first-order chi connectivity index (χ1) is 18.1. The highest BCUT2D eigenvalue weighted by Crippen LogP contribution is 2.35. The van der Waals surface area contributed by atoms with Crippen LogP contribution in [0.4, 0.5) is 17.2 Å². The molecule has 4 aromatic rings. The Morgan fingerprint density at radius 2 is 1.81 bits per heavy atom. The number of hydrogen-bond donors (Lipinski definition) is 2. The molecule has 2 aliphatic rings. The molecule has 0 atom stereocenters. The number of nitrogens with zero attached hydrogens (tertiary/aromatic N) is 8. The van der Waals surface area contributed by atoms with Crippen molar-refractivity contribution in [2.24, 2.45) is 0 Å². The van der Waals surface area contributed by atoms with Crippen LogP contribution in [0, 0.1) is 13.8 Å². The number of nitrogens with one attached hydrogen (secondary N) is 2. The number of piperazine rings is 1. The lowest BCUT2D eigenvalue weighted by molar-refractivity contribution is 0.352. The van der Waals surface area contributed by atoms with E-state index in [4.69, 9.17) is 4.52 Å². The van der Waals surface area contributed by atoms with Crippen LogP contribution in [0.5, 0.6) is 0 Å². The van der Waals surface area contributed by atoms with Gasteiger partial charge >= 0.3 is 0 Å². The predicted octanol–water partition coefficient (Wildman–Crippen LogP) is 3.62. The van der Waals surface area contributed by atoms with Gasteiger partial charge < -0.3 is 24.5 Å². The predicted molar refractivity (Wildman–Crippen MR) is 147 cm³/mol. The van der Waals surface area contributed by atoms with Gasteiger partial charge in [0.05, 0.1) is 5.39 Å². The van der Waals surface area contributed by atoms with Gasteiger partial charge in [0.1, 0.15) is 16.7 Å². The summed E-state index contributed by atoms with van der Waals surface area (Å²) in [6.07, 6.45) is 4.20. The van der Waals surface area contributed by atoms with Crippen molar-refractivity contribution in [2.45, 2.75) is 26.7 Å². The van der Waals surface area contributed by atoms with Gasteiger partial charge in [0.15, 0.2) is 11.5 Å². The number of fused-ring (bicyclic) bond motifs is 1. The lowest BCUT2D eigenvalue weighted by Crippen LogP contribution is -2.47. The minimum absolute atomic E-state index is 0.549. The van der Waals surface area contributed by atoms with Gasteiger partial charge in [-0.05, 0) is 73.4 Å². The highest BCUT2D eigenvalue weighted by atomic mass is 79.9. The van der Waals surface area contributed by atoms with Crippen molar-refractivity contribution in [3.05, 3.63) is 34.5 Å². The van der Waals surface area contributed by atoms with Crippen LogP contribution >= 0.6 is 15.9 Å². The van der Waals surface area contributed by atoms with Gasteiger partial charge in [-0.25, -0.2) is 9.97 Å². The summed E-state index contributed by atoms with van der Waals surface area (Å²) in [6.45, 7) is 11.8. The van der Waals surface area contributed by atoms with Crippen molar-refractivity contribution in [1.29, 1.82) is 0 Å². The summed E-state index contributed by atoms with van der Waals surface area (Å²) in [5, 5.41) is 15.8. The van der Waals surface area contributed by atoms with Gasteiger partial charge in [-0.1, -0.05) is 5.16 Å². The second kappa shape index (κ2) is 10.3. The SMILES string of the molecule is Cc1noc(-c2cc(NCCN3CCCC3)c(C)c(N3CCN(c4ncnc5[nH]nc(Br)c45)CC3)c2)n1. The van der Waals surface area contributed by atoms with Gasteiger partial charge in [0, 0.05) is 56.2 Å². The molecule has 2 fully saturated rings. The molecule has 5 heterocycles. The molecule has 6 rings (SSSR count). The molecule has 2 aliphatic heterocycles. The molecule has 194 valence electrons. The van der Waals surface area contributed by atoms with E-state index in [1.807, 2.05) is 6.92 Å². The molecular formula is C25H31BrN10O. The number of hydrogen-bond acceptors (Lipinski definition) is 10. The van der Waals surface area contributed by atoms with E-state index in [0.29, 0.717) is 11.7 Å². The number of aromatic nitrogens is 6. The Bertz CT molecular complexity index is 1390. The minimum Gasteiger partial charge on any atom is -0.383 e. The Balaban J connectivity index is 1.24. The van der Waals surface area contributed by atoms with Crippen LogP contribution in [0.15, 0.2) is 27.6 Å². The molecule has 0 radical (unpaired) electrons. The number of rotatable bonds is 7. The fraction of sp³-hybridized carbons (Fsp3) is 0.480. The van der Waals surface area contributed by atoms with Gasteiger partial charge in [0.25, 0.3) is 5.89 Å². The third kappa shape index (κ3) is 4.87. The number of anilines is 3. The van der Waals surface area contributed by atoms with Crippen molar-refractivity contribution in [2.75, 3.05) is 67.5 Å². The van der Waals surface area contributed by atoms with E-state index in [-0.39, 0.29) is 0 Å². The van der Waals surface area contributed by atoms with Crippen LogP contribution in [-0.2, 0) is 0 Å². The largest absolute Gasteiger partial charge is 0.383 e. The van der Waals surface area contributed by atoms with E-state index >= 15 is 0 Å². The van der Waals surface area contributed by atoms with E-state index in [1.165, 1.54) is 37.2 Å². The molecule has 0 spiro atoms. The number of halogens is 1. The average molecular weight is 567 g/mol. The number of likely N-dealkylation sites (tertiary alicyclic amines) is 1. The fourth-order valence-electron chi connectivity index (χ4n) is 5.31. The number of benzene rings is 1. The summed E-state index contributed by atoms with van der Waals surface area (Å²) in [4.78, 5) is 20.6. The summed E-state index contributed by atoms with van der Waals surface area (Å²) in [5.74, 6) is 2.09. The summed E-state index contributed by atoms with van der Waals surface area (Å²) in [5.41, 5.74) is 5.21. The third-order valence-electron chi connectivity index (χ3n) is 7.31. The molecular weight excluding hydrogens is 536 g/mol. The van der Waals surface area contributed by atoms with E-state index in [1.54, 1.807) is 6.33 Å². The highest BCUT2D eigenvalue weighted by molar-refractivity contribution is 9.10. The highest BCUT2D eigenvalue weighted by Gasteiger charge is 2.25. The quantitative estimate of drug-likeness (QED) is 0.343. The molecule has 0 saturated carbocycles. The summed E-state index contributed by atoms with van der Waals surface area (Å²) in [6, 6.07) is 4.32.